The Hall–Kier alpha value is -1.09. The van der Waals surface area contributed by atoms with Gasteiger partial charge in [0.25, 0.3) is 0 Å². The average molecular weight is 261 g/mol. The van der Waals surface area contributed by atoms with Gasteiger partial charge in [-0.05, 0) is 37.0 Å². The second-order valence-electron chi connectivity index (χ2n) is 5.80. The maximum absolute atomic E-state index is 4.83. The molecule has 0 aromatic carbocycles. The van der Waals surface area contributed by atoms with E-state index in [9.17, 15) is 0 Å². The van der Waals surface area contributed by atoms with Crippen molar-refractivity contribution in [3.63, 3.8) is 0 Å². The summed E-state index contributed by atoms with van der Waals surface area (Å²) in [5.41, 5.74) is 2.61. The molecule has 1 aromatic heterocycles. The largest absolute Gasteiger partial charge is 0.357 e. The molecule has 0 spiro atoms. The van der Waals surface area contributed by atoms with Crippen LogP contribution in [0.3, 0.4) is 0 Å². The minimum absolute atomic E-state index is 0.526. The molecule has 0 saturated carbocycles. The van der Waals surface area contributed by atoms with E-state index in [1.807, 2.05) is 0 Å². The molecule has 0 unspecified atom stereocenters. The molecule has 0 aliphatic carbocycles. The number of aromatic nitrogens is 1. The Balaban J connectivity index is 2.16. The molecule has 0 bridgehead atoms. The van der Waals surface area contributed by atoms with Crippen molar-refractivity contribution in [1.29, 1.82) is 0 Å². The fraction of sp³-hybridized carbons (Fsp3) is 0.688. The lowest BCUT2D eigenvalue weighted by atomic mass is 10.1. The van der Waals surface area contributed by atoms with Gasteiger partial charge in [0, 0.05) is 31.4 Å². The zero-order chi connectivity index (χ0) is 13.7. The summed E-state index contributed by atoms with van der Waals surface area (Å²) in [5.74, 6) is 1.18. The standard InChI is InChI=1S/C16H27N3/c1-4-7-15-10-14(12-17-13(2)3)11-16(18-15)19-8-5-6-9-19/h10-11,13,17H,4-9,12H2,1-3H3. The molecule has 0 amide bonds. The summed E-state index contributed by atoms with van der Waals surface area (Å²) in [6.07, 6.45) is 4.85. The molecular weight excluding hydrogens is 234 g/mol. The number of nitrogens with zero attached hydrogens (tertiary/aromatic N) is 2. The summed E-state index contributed by atoms with van der Waals surface area (Å²) in [7, 11) is 0. The Kier molecular flexibility index (Phi) is 5.20. The van der Waals surface area contributed by atoms with E-state index in [1.165, 1.54) is 43.0 Å². The molecule has 19 heavy (non-hydrogen) atoms. The molecule has 2 heterocycles. The Labute approximate surface area is 117 Å². The SMILES string of the molecule is CCCc1cc(CNC(C)C)cc(N2CCCC2)n1. The quantitative estimate of drug-likeness (QED) is 0.852. The fourth-order valence-electron chi connectivity index (χ4n) is 2.55. The second kappa shape index (κ2) is 6.90. The highest BCUT2D eigenvalue weighted by Gasteiger charge is 2.15. The lowest BCUT2D eigenvalue weighted by Gasteiger charge is -2.19. The Morgan fingerprint density at radius 3 is 2.63 bits per heavy atom. The summed E-state index contributed by atoms with van der Waals surface area (Å²) in [5, 5.41) is 3.50. The van der Waals surface area contributed by atoms with Crippen LogP contribution in [0.1, 0.15) is 51.3 Å². The smallest absolute Gasteiger partial charge is 0.129 e. The van der Waals surface area contributed by atoms with Crippen LogP contribution >= 0.6 is 0 Å². The van der Waals surface area contributed by atoms with Crippen LogP contribution in [0.15, 0.2) is 12.1 Å². The highest BCUT2D eigenvalue weighted by Crippen LogP contribution is 2.20. The van der Waals surface area contributed by atoms with Crippen LogP contribution < -0.4 is 10.2 Å². The van der Waals surface area contributed by atoms with Crippen LogP contribution in [0.4, 0.5) is 5.82 Å². The highest BCUT2D eigenvalue weighted by molar-refractivity contribution is 5.43. The summed E-state index contributed by atoms with van der Waals surface area (Å²) in [4.78, 5) is 7.26. The first-order chi connectivity index (χ1) is 9.19. The zero-order valence-corrected chi connectivity index (χ0v) is 12.6. The predicted octanol–water partition coefficient (Wildman–Crippen LogP) is 3.13. The number of pyridine rings is 1. The van der Waals surface area contributed by atoms with Gasteiger partial charge in [0.05, 0.1) is 0 Å². The molecule has 1 saturated heterocycles. The summed E-state index contributed by atoms with van der Waals surface area (Å²) < 4.78 is 0. The molecule has 3 heteroatoms. The van der Waals surface area contributed by atoms with Gasteiger partial charge in [-0.25, -0.2) is 4.98 Å². The highest BCUT2D eigenvalue weighted by atomic mass is 15.2. The minimum atomic E-state index is 0.526. The van der Waals surface area contributed by atoms with E-state index in [4.69, 9.17) is 4.98 Å². The first-order valence-electron chi connectivity index (χ1n) is 7.67. The first-order valence-corrected chi connectivity index (χ1v) is 7.67. The van der Waals surface area contributed by atoms with Crippen molar-refractivity contribution in [2.75, 3.05) is 18.0 Å². The van der Waals surface area contributed by atoms with Crippen molar-refractivity contribution in [3.8, 4) is 0 Å². The monoisotopic (exact) mass is 261 g/mol. The molecule has 1 aromatic rings. The zero-order valence-electron chi connectivity index (χ0n) is 12.6. The van der Waals surface area contributed by atoms with E-state index in [1.54, 1.807) is 0 Å². The van der Waals surface area contributed by atoms with Gasteiger partial charge >= 0.3 is 0 Å². The molecule has 0 radical (unpaired) electrons. The Morgan fingerprint density at radius 1 is 1.26 bits per heavy atom. The lowest BCUT2D eigenvalue weighted by Crippen LogP contribution is -2.23. The Morgan fingerprint density at radius 2 is 2.00 bits per heavy atom. The number of anilines is 1. The fourth-order valence-corrected chi connectivity index (χ4v) is 2.55. The van der Waals surface area contributed by atoms with E-state index in [2.05, 4.69) is 43.1 Å². The van der Waals surface area contributed by atoms with E-state index in [0.29, 0.717) is 6.04 Å². The number of aryl methyl sites for hydroxylation is 1. The Bertz CT molecular complexity index is 395. The topological polar surface area (TPSA) is 28.2 Å². The number of rotatable bonds is 6. The molecule has 0 atom stereocenters. The van der Waals surface area contributed by atoms with Crippen molar-refractivity contribution in [2.24, 2.45) is 0 Å². The van der Waals surface area contributed by atoms with Gasteiger partial charge in [-0.1, -0.05) is 27.2 Å². The van der Waals surface area contributed by atoms with Crippen molar-refractivity contribution >= 4 is 5.82 Å². The average Bonchev–Trinajstić information content (AvgIpc) is 2.90. The molecule has 106 valence electrons. The maximum Gasteiger partial charge on any atom is 0.129 e. The van der Waals surface area contributed by atoms with E-state index in [0.717, 1.165) is 19.4 Å². The molecule has 1 fully saturated rings. The number of nitrogens with one attached hydrogen (secondary N) is 1. The molecule has 1 aliphatic rings. The van der Waals surface area contributed by atoms with Crippen molar-refractivity contribution in [3.05, 3.63) is 23.4 Å². The number of hydrogen-bond acceptors (Lipinski definition) is 3. The van der Waals surface area contributed by atoms with Crippen molar-refractivity contribution in [1.82, 2.24) is 10.3 Å². The van der Waals surface area contributed by atoms with Gasteiger partial charge in [0.1, 0.15) is 5.82 Å². The third-order valence-corrected chi connectivity index (χ3v) is 3.58. The van der Waals surface area contributed by atoms with Crippen LogP contribution in [0, 0.1) is 0 Å². The van der Waals surface area contributed by atoms with Crippen LogP contribution in [0.5, 0.6) is 0 Å². The van der Waals surface area contributed by atoms with E-state index < -0.39 is 0 Å². The predicted molar refractivity (Wildman–Crippen MR) is 81.7 cm³/mol. The van der Waals surface area contributed by atoms with Crippen molar-refractivity contribution in [2.45, 2.75) is 59.0 Å². The van der Waals surface area contributed by atoms with Crippen molar-refractivity contribution < 1.29 is 0 Å². The maximum atomic E-state index is 4.83. The van der Waals surface area contributed by atoms with Crippen LogP contribution in [-0.4, -0.2) is 24.1 Å². The molecular formula is C16H27N3. The van der Waals surface area contributed by atoms with Gasteiger partial charge in [-0.3, -0.25) is 0 Å². The van der Waals surface area contributed by atoms with Gasteiger partial charge in [0.2, 0.25) is 0 Å². The summed E-state index contributed by atoms with van der Waals surface area (Å²) in [6.45, 7) is 9.87. The van der Waals surface area contributed by atoms with Crippen LogP contribution in [0.2, 0.25) is 0 Å². The van der Waals surface area contributed by atoms with Crippen LogP contribution in [0.25, 0.3) is 0 Å². The lowest BCUT2D eigenvalue weighted by molar-refractivity contribution is 0.588. The van der Waals surface area contributed by atoms with Gasteiger partial charge in [0.15, 0.2) is 0 Å². The molecule has 3 nitrogen and oxygen atoms in total. The molecule has 2 rings (SSSR count). The molecule has 1 aliphatic heterocycles. The summed E-state index contributed by atoms with van der Waals surface area (Å²) in [6, 6.07) is 5.05. The van der Waals surface area contributed by atoms with E-state index in [-0.39, 0.29) is 0 Å². The normalized spacial score (nSPS) is 15.5. The summed E-state index contributed by atoms with van der Waals surface area (Å²) >= 11 is 0. The van der Waals surface area contributed by atoms with Crippen LogP contribution in [-0.2, 0) is 13.0 Å². The van der Waals surface area contributed by atoms with Gasteiger partial charge in [-0.15, -0.1) is 0 Å². The number of hydrogen-bond donors (Lipinski definition) is 1. The third kappa shape index (κ3) is 4.20. The first kappa shape index (κ1) is 14.3. The molecule has 1 N–H and O–H groups in total. The minimum Gasteiger partial charge on any atom is -0.357 e. The van der Waals surface area contributed by atoms with Gasteiger partial charge in [-0.2, -0.15) is 0 Å². The second-order valence-corrected chi connectivity index (χ2v) is 5.80. The van der Waals surface area contributed by atoms with E-state index >= 15 is 0 Å². The van der Waals surface area contributed by atoms with Gasteiger partial charge < -0.3 is 10.2 Å². The third-order valence-electron chi connectivity index (χ3n) is 3.58.